The maximum atomic E-state index is 12.1. The van der Waals surface area contributed by atoms with Gasteiger partial charge in [-0.05, 0) is 38.3 Å². The number of hydrogen-bond donors (Lipinski definition) is 1. The molecular formula is C16H27NO. The largest absolute Gasteiger partial charge is 0.398 e. The first kappa shape index (κ1) is 16.7. The zero-order valence-corrected chi connectivity index (χ0v) is 12.6. The minimum Gasteiger partial charge on any atom is -0.398 e. The van der Waals surface area contributed by atoms with E-state index >= 15 is 0 Å². The van der Waals surface area contributed by atoms with Gasteiger partial charge in [0.2, 0.25) is 0 Å². The Morgan fingerprint density at radius 2 is 1.89 bits per heavy atom. The SMILES string of the molecule is CC.CCCC(=O)C1(C)C=CC(C)=C(N)C(C)=C1. The van der Waals surface area contributed by atoms with Crippen molar-refractivity contribution in [2.75, 3.05) is 0 Å². The molecule has 102 valence electrons. The highest BCUT2D eigenvalue weighted by molar-refractivity contribution is 5.88. The second kappa shape index (κ2) is 7.20. The summed E-state index contributed by atoms with van der Waals surface area (Å²) < 4.78 is 0. The monoisotopic (exact) mass is 249 g/mol. The van der Waals surface area contributed by atoms with Crippen molar-refractivity contribution in [3.8, 4) is 0 Å². The summed E-state index contributed by atoms with van der Waals surface area (Å²) in [6.07, 6.45) is 7.40. The number of carbonyl (C=O) groups excluding carboxylic acids is 1. The Balaban J connectivity index is 0.00000137. The molecular weight excluding hydrogens is 222 g/mol. The average molecular weight is 249 g/mol. The fraction of sp³-hybridized carbons (Fsp3) is 0.562. The zero-order chi connectivity index (χ0) is 14.3. The molecule has 0 saturated carbocycles. The second-order valence-corrected chi connectivity index (χ2v) is 4.71. The van der Waals surface area contributed by atoms with E-state index in [0.29, 0.717) is 6.42 Å². The molecule has 2 N–H and O–H groups in total. The first-order valence-corrected chi connectivity index (χ1v) is 6.79. The summed E-state index contributed by atoms with van der Waals surface area (Å²) in [5.41, 5.74) is 8.27. The maximum absolute atomic E-state index is 12.1. The predicted octanol–water partition coefficient (Wildman–Crippen LogP) is 4.14. The van der Waals surface area contributed by atoms with Gasteiger partial charge in [-0.15, -0.1) is 0 Å². The van der Waals surface area contributed by atoms with Crippen LogP contribution in [0, 0.1) is 5.41 Å². The Kier molecular flexibility index (Phi) is 6.67. The van der Waals surface area contributed by atoms with Crippen molar-refractivity contribution in [1.82, 2.24) is 0 Å². The number of carbonyl (C=O) groups is 1. The third-order valence-electron chi connectivity index (χ3n) is 3.12. The van der Waals surface area contributed by atoms with Crippen LogP contribution < -0.4 is 5.73 Å². The Morgan fingerprint density at radius 3 is 2.39 bits per heavy atom. The number of nitrogens with two attached hydrogens (primary N) is 1. The smallest absolute Gasteiger partial charge is 0.146 e. The van der Waals surface area contributed by atoms with E-state index < -0.39 is 5.41 Å². The highest BCUT2D eigenvalue weighted by Gasteiger charge is 2.28. The molecule has 1 rings (SSSR count). The molecule has 0 aromatic heterocycles. The lowest BCUT2D eigenvalue weighted by molar-refractivity contribution is -0.123. The summed E-state index contributed by atoms with van der Waals surface area (Å²) in [4.78, 5) is 12.1. The van der Waals surface area contributed by atoms with Crippen LogP contribution in [0.3, 0.4) is 0 Å². The van der Waals surface area contributed by atoms with Crippen LogP contribution in [-0.4, -0.2) is 5.78 Å². The average Bonchev–Trinajstić information content (AvgIpc) is 2.46. The second-order valence-electron chi connectivity index (χ2n) is 4.71. The van der Waals surface area contributed by atoms with Gasteiger partial charge in [-0.25, -0.2) is 0 Å². The number of hydrogen-bond acceptors (Lipinski definition) is 2. The number of rotatable bonds is 3. The van der Waals surface area contributed by atoms with Gasteiger partial charge in [0.05, 0.1) is 5.41 Å². The van der Waals surface area contributed by atoms with Crippen LogP contribution in [0.15, 0.2) is 35.1 Å². The summed E-state index contributed by atoms with van der Waals surface area (Å²) in [5, 5.41) is 0. The van der Waals surface area contributed by atoms with Crippen LogP contribution in [0.2, 0.25) is 0 Å². The lowest BCUT2D eigenvalue weighted by Crippen LogP contribution is -2.23. The number of ketones is 1. The van der Waals surface area contributed by atoms with Crippen molar-refractivity contribution < 1.29 is 4.79 Å². The third-order valence-corrected chi connectivity index (χ3v) is 3.12. The zero-order valence-electron chi connectivity index (χ0n) is 12.6. The van der Waals surface area contributed by atoms with E-state index in [1.54, 1.807) is 0 Å². The molecule has 18 heavy (non-hydrogen) atoms. The standard InChI is InChI=1S/C14H21NO.C2H6/c1-5-6-12(16)14(4)8-7-10(2)13(15)11(3)9-14;1-2/h7-9H,5-6,15H2,1-4H3;1-2H3. The Morgan fingerprint density at radius 1 is 1.33 bits per heavy atom. The molecule has 1 aliphatic rings. The molecule has 1 aliphatic carbocycles. The summed E-state index contributed by atoms with van der Waals surface area (Å²) in [5.74, 6) is 0.258. The van der Waals surface area contributed by atoms with E-state index in [1.807, 2.05) is 59.8 Å². The van der Waals surface area contributed by atoms with Gasteiger partial charge < -0.3 is 5.73 Å². The van der Waals surface area contributed by atoms with Crippen LogP contribution >= 0.6 is 0 Å². The minimum atomic E-state index is -0.498. The Hall–Kier alpha value is -1.31. The van der Waals surface area contributed by atoms with Gasteiger partial charge in [0.25, 0.3) is 0 Å². The minimum absolute atomic E-state index is 0.258. The quantitative estimate of drug-likeness (QED) is 0.817. The van der Waals surface area contributed by atoms with Crippen molar-refractivity contribution >= 4 is 5.78 Å². The van der Waals surface area contributed by atoms with Gasteiger partial charge in [0.1, 0.15) is 5.78 Å². The molecule has 0 saturated heterocycles. The van der Waals surface area contributed by atoms with Crippen LogP contribution in [0.25, 0.3) is 0 Å². The predicted molar refractivity (Wildman–Crippen MR) is 79.2 cm³/mol. The molecule has 1 atom stereocenters. The normalized spacial score (nSPS) is 22.9. The first-order chi connectivity index (χ1) is 8.40. The molecule has 0 amide bonds. The summed E-state index contributed by atoms with van der Waals surface area (Å²) in [6, 6.07) is 0. The highest BCUT2D eigenvalue weighted by Crippen LogP contribution is 2.30. The molecule has 0 bridgehead atoms. The fourth-order valence-electron chi connectivity index (χ4n) is 1.94. The van der Waals surface area contributed by atoms with E-state index in [1.165, 1.54) is 0 Å². The van der Waals surface area contributed by atoms with Gasteiger partial charge in [0, 0.05) is 12.1 Å². The molecule has 0 spiro atoms. The molecule has 1 unspecified atom stereocenters. The molecule has 2 heteroatoms. The lowest BCUT2D eigenvalue weighted by Gasteiger charge is -2.20. The number of Topliss-reactive ketones (excluding diaryl/α,β-unsaturated/α-hetero) is 1. The number of allylic oxidation sites excluding steroid dienone is 5. The Labute approximate surface area is 112 Å². The molecule has 0 radical (unpaired) electrons. The van der Waals surface area contributed by atoms with Gasteiger partial charge >= 0.3 is 0 Å². The summed E-state index contributed by atoms with van der Waals surface area (Å²) in [7, 11) is 0. The van der Waals surface area contributed by atoms with Crippen LogP contribution in [0.1, 0.15) is 54.4 Å². The van der Waals surface area contributed by atoms with Gasteiger partial charge in [-0.2, -0.15) is 0 Å². The van der Waals surface area contributed by atoms with E-state index in [0.717, 1.165) is 23.3 Å². The van der Waals surface area contributed by atoms with E-state index in [4.69, 9.17) is 5.73 Å². The molecule has 0 heterocycles. The summed E-state index contributed by atoms with van der Waals surface area (Å²) >= 11 is 0. The van der Waals surface area contributed by atoms with Crippen molar-refractivity contribution in [2.24, 2.45) is 11.1 Å². The molecule has 2 nitrogen and oxygen atoms in total. The van der Waals surface area contributed by atoms with Crippen LogP contribution in [0.5, 0.6) is 0 Å². The van der Waals surface area contributed by atoms with Crippen LogP contribution in [-0.2, 0) is 4.79 Å². The van der Waals surface area contributed by atoms with Gasteiger partial charge in [-0.3, -0.25) is 4.79 Å². The van der Waals surface area contributed by atoms with E-state index in [9.17, 15) is 4.79 Å². The van der Waals surface area contributed by atoms with Gasteiger partial charge in [0.15, 0.2) is 0 Å². The van der Waals surface area contributed by atoms with Crippen LogP contribution in [0.4, 0.5) is 0 Å². The topological polar surface area (TPSA) is 43.1 Å². The van der Waals surface area contributed by atoms with Crippen molar-refractivity contribution in [3.63, 3.8) is 0 Å². The highest BCUT2D eigenvalue weighted by atomic mass is 16.1. The molecule has 0 aromatic carbocycles. The van der Waals surface area contributed by atoms with Crippen molar-refractivity contribution in [3.05, 3.63) is 35.1 Å². The van der Waals surface area contributed by atoms with E-state index in [-0.39, 0.29) is 5.78 Å². The third kappa shape index (κ3) is 3.86. The van der Waals surface area contributed by atoms with E-state index in [2.05, 4.69) is 0 Å². The van der Waals surface area contributed by atoms with Crippen molar-refractivity contribution in [1.29, 1.82) is 0 Å². The van der Waals surface area contributed by atoms with Crippen molar-refractivity contribution in [2.45, 2.75) is 54.4 Å². The maximum Gasteiger partial charge on any atom is 0.146 e. The fourth-order valence-corrected chi connectivity index (χ4v) is 1.94. The lowest BCUT2D eigenvalue weighted by atomic mass is 9.82. The molecule has 0 aromatic rings. The Bertz CT molecular complexity index is 388. The van der Waals surface area contributed by atoms with Gasteiger partial charge in [-0.1, -0.05) is 39.0 Å². The first-order valence-electron chi connectivity index (χ1n) is 6.79. The molecule has 0 fully saturated rings. The molecule has 0 aliphatic heterocycles. The summed E-state index contributed by atoms with van der Waals surface area (Å²) in [6.45, 7) is 11.9.